The van der Waals surface area contributed by atoms with E-state index in [-0.39, 0.29) is 0 Å². The van der Waals surface area contributed by atoms with Crippen molar-refractivity contribution in [2.75, 3.05) is 19.0 Å². The van der Waals surface area contributed by atoms with Gasteiger partial charge in [-0.1, -0.05) is 38.0 Å². The number of nitrogens with zero attached hydrogens (tertiary/aromatic N) is 2. The Morgan fingerprint density at radius 2 is 1.95 bits per heavy atom. The van der Waals surface area contributed by atoms with E-state index in [1.54, 1.807) is 5.56 Å². The third-order valence-corrected chi connectivity index (χ3v) is 5.26. The molecule has 1 unspecified atom stereocenters. The molecular formula is C18H28N2. The number of para-hydroxylation sites is 1. The highest BCUT2D eigenvalue weighted by Gasteiger charge is 2.38. The van der Waals surface area contributed by atoms with Crippen molar-refractivity contribution < 1.29 is 0 Å². The lowest BCUT2D eigenvalue weighted by atomic mass is 9.76. The summed E-state index contributed by atoms with van der Waals surface area (Å²) in [6.07, 6.45) is 8.63. The van der Waals surface area contributed by atoms with Crippen LogP contribution in [0.3, 0.4) is 0 Å². The third-order valence-electron chi connectivity index (χ3n) is 5.26. The van der Waals surface area contributed by atoms with Gasteiger partial charge in [-0.15, -0.1) is 0 Å². The molecule has 20 heavy (non-hydrogen) atoms. The van der Waals surface area contributed by atoms with Gasteiger partial charge in [0.2, 0.25) is 0 Å². The smallest absolute Gasteiger partial charge is 0.0816 e. The van der Waals surface area contributed by atoms with Gasteiger partial charge in [0.05, 0.1) is 6.17 Å². The first-order valence-electron chi connectivity index (χ1n) is 8.25. The van der Waals surface area contributed by atoms with Crippen LogP contribution in [0.4, 0.5) is 5.69 Å². The number of benzene rings is 1. The molecule has 0 aromatic heterocycles. The highest BCUT2D eigenvalue weighted by Crippen LogP contribution is 2.42. The Kier molecular flexibility index (Phi) is 4.02. The summed E-state index contributed by atoms with van der Waals surface area (Å²) in [6.45, 7) is 2.32. The van der Waals surface area contributed by atoms with E-state index < -0.39 is 0 Å². The van der Waals surface area contributed by atoms with Gasteiger partial charge in [-0.3, -0.25) is 4.90 Å². The summed E-state index contributed by atoms with van der Waals surface area (Å²) in [6, 6.07) is 9.85. The lowest BCUT2D eigenvalue weighted by Gasteiger charge is -2.51. The predicted molar refractivity (Wildman–Crippen MR) is 86.1 cm³/mol. The van der Waals surface area contributed by atoms with E-state index in [9.17, 15) is 0 Å². The Morgan fingerprint density at radius 3 is 2.70 bits per heavy atom. The van der Waals surface area contributed by atoms with Crippen LogP contribution >= 0.6 is 0 Å². The van der Waals surface area contributed by atoms with Gasteiger partial charge in [-0.2, -0.15) is 0 Å². The van der Waals surface area contributed by atoms with Crippen LogP contribution in [0, 0.1) is 5.92 Å². The van der Waals surface area contributed by atoms with Crippen LogP contribution in [0.2, 0.25) is 0 Å². The first kappa shape index (κ1) is 13.9. The minimum atomic E-state index is 0.530. The molecule has 1 aliphatic carbocycles. The molecule has 0 amide bonds. The molecule has 0 bridgehead atoms. The third kappa shape index (κ3) is 2.35. The van der Waals surface area contributed by atoms with Crippen LogP contribution in [-0.2, 0) is 6.42 Å². The van der Waals surface area contributed by atoms with Crippen molar-refractivity contribution in [1.29, 1.82) is 0 Å². The van der Waals surface area contributed by atoms with Crippen molar-refractivity contribution in [3.05, 3.63) is 29.8 Å². The minimum Gasteiger partial charge on any atom is -0.352 e. The van der Waals surface area contributed by atoms with Gasteiger partial charge in [0.1, 0.15) is 0 Å². The van der Waals surface area contributed by atoms with Crippen molar-refractivity contribution in [3.8, 4) is 0 Å². The summed E-state index contributed by atoms with van der Waals surface area (Å²) in [5.74, 6) is 0.868. The fourth-order valence-corrected chi connectivity index (χ4v) is 4.38. The van der Waals surface area contributed by atoms with Gasteiger partial charge < -0.3 is 4.90 Å². The molecule has 0 N–H and O–H groups in total. The summed E-state index contributed by atoms with van der Waals surface area (Å²) in [5.41, 5.74) is 3.06. The van der Waals surface area contributed by atoms with Crippen LogP contribution in [-0.4, -0.2) is 31.2 Å². The Hall–Kier alpha value is -1.02. The number of fused-ring (bicyclic) bond motifs is 2. The molecule has 0 radical (unpaired) electrons. The fourth-order valence-electron chi connectivity index (χ4n) is 4.38. The first-order valence-corrected chi connectivity index (χ1v) is 8.25. The maximum absolute atomic E-state index is 2.75. The van der Waals surface area contributed by atoms with E-state index in [0.717, 1.165) is 12.0 Å². The highest BCUT2D eigenvalue weighted by molar-refractivity contribution is 5.57. The van der Waals surface area contributed by atoms with Crippen molar-refractivity contribution in [1.82, 2.24) is 4.90 Å². The molecule has 2 heteroatoms. The SMILES string of the molecule is CCC(N(C)C)N1c2ccccc2C[C@H]2CCCC[C@H]21. The molecule has 3 rings (SSSR count). The molecule has 1 fully saturated rings. The normalized spacial score (nSPS) is 27.1. The van der Waals surface area contributed by atoms with Crippen LogP contribution in [0.25, 0.3) is 0 Å². The van der Waals surface area contributed by atoms with Crippen LogP contribution in [0.1, 0.15) is 44.6 Å². The molecular weight excluding hydrogens is 244 g/mol. The summed E-state index contributed by atoms with van der Waals surface area (Å²) in [4.78, 5) is 5.15. The largest absolute Gasteiger partial charge is 0.352 e. The molecule has 1 aromatic rings. The molecule has 110 valence electrons. The van der Waals surface area contributed by atoms with Crippen molar-refractivity contribution in [3.63, 3.8) is 0 Å². The molecule has 1 aromatic carbocycles. The van der Waals surface area contributed by atoms with Crippen molar-refractivity contribution >= 4 is 5.69 Å². The van der Waals surface area contributed by atoms with Gasteiger partial charge in [0, 0.05) is 11.7 Å². The van der Waals surface area contributed by atoms with Crippen molar-refractivity contribution in [2.24, 2.45) is 5.92 Å². The molecule has 1 aliphatic heterocycles. The Bertz CT molecular complexity index is 454. The molecule has 1 saturated carbocycles. The van der Waals surface area contributed by atoms with E-state index in [0.29, 0.717) is 6.17 Å². The standard InChI is InChI=1S/C18H28N2/c1-4-18(19(2)3)20-16-11-7-5-9-14(16)13-15-10-6-8-12-17(15)20/h5,7,9,11,15,17-18H,4,6,8,10,12-13H2,1-3H3/t15-,17-,18?/m1/s1. The molecule has 1 heterocycles. The predicted octanol–water partition coefficient (Wildman–Crippen LogP) is 3.91. The summed E-state index contributed by atoms with van der Waals surface area (Å²) in [7, 11) is 4.45. The maximum Gasteiger partial charge on any atom is 0.0816 e. The van der Waals surface area contributed by atoms with Crippen LogP contribution in [0.15, 0.2) is 24.3 Å². The zero-order valence-corrected chi connectivity index (χ0v) is 13.2. The van der Waals surface area contributed by atoms with E-state index in [2.05, 4.69) is 55.1 Å². The van der Waals surface area contributed by atoms with Gasteiger partial charge in [-0.25, -0.2) is 0 Å². The first-order chi connectivity index (χ1) is 9.72. The quantitative estimate of drug-likeness (QED) is 0.823. The summed E-state index contributed by atoms with van der Waals surface area (Å²) in [5, 5.41) is 0. The Balaban J connectivity index is 2.02. The monoisotopic (exact) mass is 272 g/mol. The lowest BCUT2D eigenvalue weighted by Crippen LogP contribution is -2.56. The van der Waals surface area contributed by atoms with E-state index in [1.165, 1.54) is 44.2 Å². The number of hydrogen-bond acceptors (Lipinski definition) is 2. The van der Waals surface area contributed by atoms with Gasteiger partial charge in [-0.05, 0) is 57.3 Å². The minimum absolute atomic E-state index is 0.530. The maximum atomic E-state index is 2.75. The zero-order chi connectivity index (χ0) is 14.1. The number of rotatable bonds is 3. The topological polar surface area (TPSA) is 6.48 Å². The van der Waals surface area contributed by atoms with Gasteiger partial charge in [0.25, 0.3) is 0 Å². The van der Waals surface area contributed by atoms with E-state index in [4.69, 9.17) is 0 Å². The Morgan fingerprint density at radius 1 is 1.20 bits per heavy atom. The lowest BCUT2D eigenvalue weighted by molar-refractivity contribution is 0.198. The van der Waals surface area contributed by atoms with Gasteiger partial charge in [0.15, 0.2) is 0 Å². The second-order valence-electron chi connectivity index (χ2n) is 6.70. The van der Waals surface area contributed by atoms with Crippen molar-refractivity contribution in [2.45, 2.75) is 57.7 Å². The fraction of sp³-hybridized carbons (Fsp3) is 0.667. The van der Waals surface area contributed by atoms with Gasteiger partial charge >= 0.3 is 0 Å². The number of hydrogen-bond donors (Lipinski definition) is 0. The Labute approximate surface area is 123 Å². The second kappa shape index (κ2) is 5.77. The molecule has 0 saturated heterocycles. The molecule has 3 atom stereocenters. The second-order valence-corrected chi connectivity index (χ2v) is 6.70. The van der Waals surface area contributed by atoms with E-state index in [1.807, 2.05) is 0 Å². The average molecular weight is 272 g/mol. The zero-order valence-electron chi connectivity index (χ0n) is 13.2. The molecule has 2 nitrogen and oxygen atoms in total. The molecule has 0 spiro atoms. The van der Waals surface area contributed by atoms with E-state index >= 15 is 0 Å². The van der Waals surface area contributed by atoms with Crippen LogP contribution in [0.5, 0.6) is 0 Å². The highest BCUT2D eigenvalue weighted by atomic mass is 15.4. The van der Waals surface area contributed by atoms with Crippen LogP contribution < -0.4 is 4.90 Å². The number of anilines is 1. The average Bonchev–Trinajstić information content (AvgIpc) is 2.47. The summed E-state index contributed by atoms with van der Waals surface area (Å²) < 4.78 is 0. The molecule has 2 aliphatic rings. The summed E-state index contributed by atoms with van der Waals surface area (Å²) >= 11 is 0.